The molecule has 68 heavy (non-hydrogen) atoms. The van der Waals surface area contributed by atoms with Crippen LogP contribution in [-0.4, -0.2) is 87.8 Å². The van der Waals surface area contributed by atoms with Crippen LogP contribution in [0.3, 0.4) is 0 Å². The Labute approximate surface area is 404 Å². The zero-order valence-corrected chi connectivity index (χ0v) is 42.2. The number of anilines is 1. The number of phosphoric ester groups is 1. The van der Waals surface area contributed by atoms with Crippen LogP contribution in [0.5, 0.6) is 0 Å². The summed E-state index contributed by atoms with van der Waals surface area (Å²) in [5, 5.41) is 33.7. The first-order chi connectivity index (χ1) is 32.2. The second kappa shape index (κ2) is 19.0. The maximum absolute atomic E-state index is 12.6. The van der Waals surface area contributed by atoms with Crippen molar-refractivity contribution in [2.75, 3.05) is 31.9 Å². The number of allylic oxidation sites excluding steroid dienone is 4. The minimum Gasteiger partial charge on any atom is -0.481 e. The predicted molar refractivity (Wildman–Crippen MR) is 259 cm³/mol. The molecular weight excluding hydrogens is 882 g/mol. The molecule has 0 saturated heterocycles. The molecule has 13 heteroatoms. The number of likely N-dealkylation sites (N-methyl/N-ethyl adjacent to an activating group) is 1. The van der Waals surface area contributed by atoms with Gasteiger partial charge in [-0.25, -0.2) is 4.57 Å². The molecule has 0 heterocycles. The summed E-state index contributed by atoms with van der Waals surface area (Å²) in [5.41, 5.74) is 4.67. The van der Waals surface area contributed by atoms with Crippen molar-refractivity contribution in [2.24, 2.45) is 63.6 Å². The van der Waals surface area contributed by atoms with Gasteiger partial charge >= 0.3 is 13.8 Å². The summed E-state index contributed by atoms with van der Waals surface area (Å²) < 4.78 is 29.7. The fourth-order valence-corrected chi connectivity index (χ4v) is 17.2. The fourth-order valence-electron chi connectivity index (χ4n) is 17.0. The highest BCUT2D eigenvalue weighted by Crippen LogP contribution is 2.70. The average Bonchev–Trinajstić information content (AvgIpc) is 3.78. The van der Waals surface area contributed by atoms with Crippen LogP contribution in [-0.2, 0) is 28.2 Å². The van der Waals surface area contributed by atoms with Crippen molar-refractivity contribution in [3.05, 3.63) is 52.6 Å². The first-order valence-corrected chi connectivity index (χ1v) is 27.5. The number of rotatable bonds is 14. The van der Waals surface area contributed by atoms with Crippen molar-refractivity contribution in [2.45, 2.75) is 167 Å². The number of carbonyl (C=O) groups excluding carboxylic acids is 1. The number of carboxylic acids is 1. The van der Waals surface area contributed by atoms with Crippen LogP contribution in [0.1, 0.15) is 149 Å². The molecule has 0 bridgehead atoms. The smallest absolute Gasteiger partial charge is 0.471 e. The monoisotopic (exact) mass is 960 g/mol. The maximum atomic E-state index is 12.6. The van der Waals surface area contributed by atoms with Crippen LogP contribution in [0.15, 0.2) is 47.1 Å². The number of aliphatic carboxylic acids is 1. The van der Waals surface area contributed by atoms with E-state index in [0.29, 0.717) is 50.7 Å². The Morgan fingerprint density at radius 2 is 1.72 bits per heavy atom. The number of phosphoric acid groups is 1. The van der Waals surface area contributed by atoms with Gasteiger partial charge in [0.15, 0.2) is 12.6 Å². The van der Waals surface area contributed by atoms with Gasteiger partial charge in [-0.1, -0.05) is 51.3 Å². The molecule has 8 aliphatic rings. The van der Waals surface area contributed by atoms with E-state index in [0.717, 1.165) is 76.3 Å². The zero-order chi connectivity index (χ0) is 48.6. The molecule has 6 saturated carbocycles. The predicted octanol–water partition coefficient (Wildman–Crippen LogP) is 9.35. The summed E-state index contributed by atoms with van der Waals surface area (Å²) in [6, 6.07) is 8.98. The van der Waals surface area contributed by atoms with Crippen molar-refractivity contribution < 1.29 is 53.3 Å². The Hall–Kier alpha value is -2.85. The van der Waals surface area contributed by atoms with Gasteiger partial charge in [0.1, 0.15) is 5.60 Å². The number of carboxylic acid groups (broad SMARTS) is 1. The van der Waals surface area contributed by atoms with Gasteiger partial charge in [0.2, 0.25) is 0 Å². The van der Waals surface area contributed by atoms with E-state index < -0.39 is 37.7 Å². The molecule has 6 fully saturated rings. The van der Waals surface area contributed by atoms with Crippen LogP contribution in [0.4, 0.5) is 5.69 Å². The Morgan fingerprint density at radius 3 is 2.44 bits per heavy atom. The van der Waals surface area contributed by atoms with Crippen LogP contribution >= 0.6 is 7.82 Å². The van der Waals surface area contributed by atoms with E-state index in [-0.39, 0.29) is 76.7 Å². The largest absolute Gasteiger partial charge is 0.481 e. The number of carbonyl (C=O) groups is 2. The molecular formula is C55H78NO11P. The van der Waals surface area contributed by atoms with Crippen LogP contribution in [0, 0.1) is 75.4 Å². The lowest BCUT2D eigenvalue weighted by atomic mass is 9.43. The Morgan fingerprint density at radius 1 is 0.956 bits per heavy atom. The molecule has 0 radical (unpaired) electrons. The molecule has 0 aromatic heterocycles. The number of benzene rings is 1. The first kappa shape index (κ1) is 50.1. The minimum atomic E-state index is -4.75. The van der Waals surface area contributed by atoms with Crippen molar-refractivity contribution in [3.8, 4) is 11.8 Å². The lowest BCUT2D eigenvalue weighted by molar-refractivity contribution is -0.227. The molecule has 0 amide bonds. The number of aliphatic hydroxyl groups excluding tert-OH is 1. The van der Waals surface area contributed by atoms with Crippen molar-refractivity contribution in [1.82, 2.24) is 0 Å². The number of ether oxygens (including phenoxy) is 2. The molecule has 8 aliphatic carbocycles. The molecule has 5 N–H and O–H groups in total. The lowest BCUT2D eigenvalue weighted by Crippen LogP contribution is -2.62. The summed E-state index contributed by atoms with van der Waals surface area (Å²) >= 11 is 0. The minimum absolute atomic E-state index is 0.0484. The third kappa shape index (κ3) is 8.84. The van der Waals surface area contributed by atoms with Gasteiger partial charge in [-0.3, -0.25) is 14.1 Å². The van der Waals surface area contributed by atoms with Gasteiger partial charge in [0.25, 0.3) is 0 Å². The van der Waals surface area contributed by atoms with Gasteiger partial charge in [-0.15, -0.1) is 5.92 Å². The summed E-state index contributed by atoms with van der Waals surface area (Å²) in [5.74, 6) is 7.54. The molecule has 0 aliphatic heterocycles. The van der Waals surface area contributed by atoms with Gasteiger partial charge in [0, 0.05) is 43.5 Å². The number of hydrogen-bond donors (Lipinski definition) is 5. The number of ketones is 1. The molecule has 16 atom stereocenters. The Balaban J connectivity index is 0.871. The van der Waals surface area contributed by atoms with E-state index in [1.807, 2.05) is 13.0 Å². The molecule has 374 valence electrons. The number of nitrogens with zero attached hydrogens (tertiary/aromatic N) is 1. The summed E-state index contributed by atoms with van der Waals surface area (Å²) in [6.07, 6.45) is 13.5. The van der Waals surface area contributed by atoms with Crippen LogP contribution in [0.25, 0.3) is 0 Å². The second-order valence-electron chi connectivity index (χ2n) is 23.4. The summed E-state index contributed by atoms with van der Waals surface area (Å²) in [4.78, 5) is 45.4. The van der Waals surface area contributed by atoms with Crippen molar-refractivity contribution >= 4 is 25.3 Å². The first-order valence-electron chi connectivity index (χ1n) is 26.0. The second-order valence-corrected chi connectivity index (χ2v) is 24.7. The molecule has 3 unspecified atom stereocenters. The van der Waals surface area contributed by atoms with Crippen molar-refractivity contribution in [1.29, 1.82) is 0 Å². The highest BCUT2D eigenvalue weighted by Gasteiger charge is 2.67. The SMILES string of the molecule is CC#C[C@@]1(O)CCC2C3CCC4=CC(=O)CCC4=C3C(c3ccc(N(C)CCO[C@H]4CC[C@@]5(C)[C@@H](C4)C[C@@H](OCOP(=O)(O)O)[C@@H]4[C@@H]5C[C@H](O)[C@]5(C)[C@@H]([C@H](C)CCC(=O)O)CC[C@@H]45)cc3)C[C@@]21C. The summed E-state index contributed by atoms with van der Waals surface area (Å²) in [7, 11) is -2.64. The van der Waals surface area contributed by atoms with E-state index >= 15 is 0 Å². The molecule has 9 rings (SSSR count). The van der Waals surface area contributed by atoms with E-state index in [1.54, 1.807) is 0 Å². The van der Waals surface area contributed by atoms with Gasteiger partial charge in [-0.05, 0) is 190 Å². The number of fused-ring (bicyclic) bond motifs is 9. The standard InChI is InChI=1S/C55H78NO11P/c1-7-22-55(61)24-21-44-41-15-11-35-27-38(57)14-16-40(35)50(41)42(31-53(44,55)4)34-9-12-37(13-10-34)56(6)25-26-65-39-20-23-52(3)36(28-39)29-47(66-32-67-68(62,63)64)51-45-18-17-43(33(2)8-19-49(59)60)54(45,5)48(58)30-46(51)52/h9-10,12-13,27,33,36,39,41-48,51,58,61H,8,11,14-21,23-26,28-32H2,1-6H3,(H,59,60)(H2,62,63,64)/t33-,36+,39+,41?,42?,43-,44?,45+,46+,47-,48+,51+,52+,53+,54-,55-/m1/s1. The highest BCUT2D eigenvalue weighted by atomic mass is 31.2. The Bertz CT molecular complexity index is 2260. The molecule has 1 aromatic carbocycles. The van der Waals surface area contributed by atoms with Gasteiger partial charge in [-0.2, -0.15) is 0 Å². The third-order valence-electron chi connectivity index (χ3n) is 20.5. The lowest BCUT2D eigenvalue weighted by Gasteiger charge is -2.64. The molecule has 0 spiro atoms. The molecule has 1 aromatic rings. The molecule has 12 nitrogen and oxygen atoms in total. The zero-order valence-electron chi connectivity index (χ0n) is 41.3. The van der Waals surface area contributed by atoms with Crippen LogP contribution < -0.4 is 4.90 Å². The van der Waals surface area contributed by atoms with E-state index in [9.17, 15) is 39.3 Å². The average molecular weight is 960 g/mol. The maximum Gasteiger partial charge on any atom is 0.471 e. The van der Waals surface area contributed by atoms with Gasteiger partial charge in [0.05, 0.1) is 24.9 Å². The van der Waals surface area contributed by atoms with E-state index in [2.05, 4.69) is 75.7 Å². The number of aliphatic hydroxyl groups is 2. The van der Waals surface area contributed by atoms with E-state index in [1.165, 1.54) is 22.3 Å². The van der Waals surface area contributed by atoms with Crippen LogP contribution in [0.2, 0.25) is 0 Å². The number of hydrogen-bond acceptors (Lipinski definition) is 9. The fraction of sp³-hybridized carbons (Fsp3) is 0.745. The normalized spacial score (nSPS) is 41.2. The van der Waals surface area contributed by atoms with E-state index in [4.69, 9.17) is 14.0 Å². The Kier molecular flexibility index (Phi) is 14.0. The van der Waals surface area contributed by atoms with Gasteiger partial charge < -0.3 is 39.5 Å². The van der Waals surface area contributed by atoms with Crippen molar-refractivity contribution in [3.63, 3.8) is 0 Å². The topological polar surface area (TPSA) is 183 Å². The third-order valence-corrected chi connectivity index (χ3v) is 21.0. The highest BCUT2D eigenvalue weighted by molar-refractivity contribution is 7.46. The summed E-state index contributed by atoms with van der Waals surface area (Å²) in [6.45, 7) is 11.6. The quantitative estimate of drug-likeness (QED) is 0.0678.